The van der Waals surface area contributed by atoms with Gasteiger partial charge in [-0.2, -0.15) is 13.2 Å². The lowest BCUT2D eigenvalue weighted by Crippen LogP contribution is -2.56. The molecule has 4 nitrogen and oxygen atoms in total. The lowest BCUT2D eigenvalue weighted by atomic mass is 9.73. The minimum absolute atomic E-state index is 0.287. The van der Waals surface area contributed by atoms with Gasteiger partial charge in [-0.15, -0.1) is 0 Å². The van der Waals surface area contributed by atoms with E-state index < -0.39 is 30.2 Å². The van der Waals surface area contributed by atoms with Crippen LogP contribution in [-0.4, -0.2) is 42.1 Å². The highest BCUT2D eigenvalue weighted by Gasteiger charge is 2.57. The molecule has 35 heavy (non-hydrogen) atoms. The van der Waals surface area contributed by atoms with Crippen molar-refractivity contribution in [3.05, 3.63) is 84.2 Å². The van der Waals surface area contributed by atoms with E-state index in [9.17, 15) is 18.3 Å². The summed E-state index contributed by atoms with van der Waals surface area (Å²) in [6.07, 6.45) is 1.68. The Hall–Kier alpha value is -3.32. The van der Waals surface area contributed by atoms with Crippen LogP contribution in [0.1, 0.15) is 31.4 Å². The summed E-state index contributed by atoms with van der Waals surface area (Å²) in [7, 11) is 1.49. The summed E-state index contributed by atoms with van der Waals surface area (Å²) in [4.78, 5) is 5.73. The SMILES string of the molecule is COc1ccc(-c2cccnc2)cc1C(C)(C)CC(O)(CN1CC=Cc2ccccc21)C(F)(F)F. The van der Waals surface area contributed by atoms with Crippen molar-refractivity contribution in [2.45, 2.75) is 37.5 Å². The van der Waals surface area contributed by atoms with Crippen LogP contribution in [0.4, 0.5) is 18.9 Å². The number of para-hydroxylation sites is 1. The van der Waals surface area contributed by atoms with E-state index >= 15 is 0 Å². The smallest absolute Gasteiger partial charge is 0.418 e. The van der Waals surface area contributed by atoms with Crippen molar-refractivity contribution in [1.29, 1.82) is 0 Å². The van der Waals surface area contributed by atoms with Gasteiger partial charge in [0.1, 0.15) is 5.75 Å². The van der Waals surface area contributed by atoms with Crippen molar-refractivity contribution in [3.63, 3.8) is 0 Å². The fourth-order valence-corrected chi connectivity index (χ4v) is 4.81. The Kier molecular flexibility index (Phi) is 6.64. The van der Waals surface area contributed by atoms with Crippen LogP contribution in [0.15, 0.2) is 73.1 Å². The molecule has 0 saturated heterocycles. The van der Waals surface area contributed by atoms with Crippen molar-refractivity contribution in [1.82, 2.24) is 4.98 Å². The molecule has 0 bridgehead atoms. The highest BCUT2D eigenvalue weighted by Crippen LogP contribution is 2.45. The van der Waals surface area contributed by atoms with Gasteiger partial charge < -0.3 is 14.7 Å². The number of fused-ring (bicyclic) bond motifs is 1. The summed E-state index contributed by atoms with van der Waals surface area (Å²) in [6.45, 7) is 3.12. The molecule has 2 heterocycles. The standard InChI is InChI=1S/C28H29F3N2O2/c1-26(2,23-16-21(12-13-25(23)35-3)22-9-6-14-32-17-22)18-27(34,28(29,30)31)19-33-15-7-10-20-8-4-5-11-24(20)33/h4-14,16-17,34H,15,18-19H2,1-3H3. The molecule has 1 N–H and O–H groups in total. The van der Waals surface area contributed by atoms with E-state index in [2.05, 4.69) is 4.98 Å². The second-order valence-corrected chi connectivity index (χ2v) is 9.59. The highest BCUT2D eigenvalue weighted by molar-refractivity contribution is 5.71. The highest BCUT2D eigenvalue weighted by atomic mass is 19.4. The van der Waals surface area contributed by atoms with Crippen molar-refractivity contribution in [2.75, 3.05) is 25.1 Å². The normalized spacial score (nSPS) is 15.5. The molecule has 3 aromatic rings. The Morgan fingerprint density at radius 3 is 2.49 bits per heavy atom. The van der Waals surface area contributed by atoms with Crippen molar-refractivity contribution >= 4 is 11.8 Å². The number of nitrogens with zero attached hydrogens (tertiary/aromatic N) is 2. The zero-order valence-electron chi connectivity index (χ0n) is 20.0. The van der Waals surface area contributed by atoms with E-state index in [0.29, 0.717) is 17.0 Å². The number of halogens is 3. The molecule has 7 heteroatoms. The molecule has 0 radical (unpaired) electrons. The van der Waals surface area contributed by atoms with E-state index in [1.54, 1.807) is 55.4 Å². The third-order valence-electron chi connectivity index (χ3n) is 6.54. The van der Waals surface area contributed by atoms with Gasteiger partial charge in [-0.1, -0.05) is 56.3 Å². The number of methoxy groups -OCH3 is 1. The van der Waals surface area contributed by atoms with Crippen molar-refractivity contribution in [3.8, 4) is 16.9 Å². The first kappa shape index (κ1) is 24.8. The Morgan fingerprint density at radius 1 is 1.03 bits per heavy atom. The number of rotatable bonds is 7. The number of pyridine rings is 1. The van der Waals surface area contributed by atoms with Gasteiger partial charge in [-0.05, 0) is 47.2 Å². The zero-order valence-corrected chi connectivity index (χ0v) is 20.0. The molecule has 0 fully saturated rings. The van der Waals surface area contributed by atoms with Crippen LogP contribution in [0.2, 0.25) is 0 Å². The Balaban J connectivity index is 1.70. The largest absolute Gasteiger partial charge is 0.496 e. The fourth-order valence-electron chi connectivity index (χ4n) is 4.81. The minimum atomic E-state index is -4.84. The molecule has 4 rings (SSSR count). The van der Waals surface area contributed by atoms with Crippen LogP contribution in [0.5, 0.6) is 5.75 Å². The van der Waals surface area contributed by atoms with Gasteiger partial charge in [-0.25, -0.2) is 0 Å². The fraction of sp³-hybridized carbons (Fsp3) is 0.321. The van der Waals surface area contributed by atoms with E-state index in [0.717, 1.165) is 16.7 Å². The van der Waals surface area contributed by atoms with Gasteiger partial charge in [0.25, 0.3) is 0 Å². The molecule has 0 spiro atoms. The summed E-state index contributed by atoms with van der Waals surface area (Å²) in [5.41, 5.74) is -0.283. The summed E-state index contributed by atoms with van der Waals surface area (Å²) in [6, 6.07) is 16.4. The predicted octanol–water partition coefficient (Wildman–Crippen LogP) is 6.25. The first-order valence-electron chi connectivity index (χ1n) is 11.4. The number of aromatic nitrogens is 1. The van der Waals surface area contributed by atoms with Crippen LogP contribution in [0.25, 0.3) is 17.2 Å². The van der Waals surface area contributed by atoms with E-state index in [1.807, 2.05) is 42.5 Å². The number of alkyl halides is 3. The molecule has 1 aliphatic rings. The maximum absolute atomic E-state index is 14.5. The topological polar surface area (TPSA) is 45.6 Å². The predicted molar refractivity (Wildman–Crippen MR) is 133 cm³/mol. The monoisotopic (exact) mass is 482 g/mol. The molecule has 1 unspecified atom stereocenters. The zero-order chi connectivity index (χ0) is 25.3. The van der Waals surface area contributed by atoms with Gasteiger partial charge in [0.15, 0.2) is 5.60 Å². The van der Waals surface area contributed by atoms with E-state index in [4.69, 9.17) is 4.74 Å². The van der Waals surface area contributed by atoms with Crippen LogP contribution < -0.4 is 9.64 Å². The molecule has 1 aromatic heterocycles. The Morgan fingerprint density at radius 2 is 1.80 bits per heavy atom. The number of benzene rings is 2. The summed E-state index contributed by atoms with van der Waals surface area (Å²) in [5.74, 6) is 0.471. The van der Waals surface area contributed by atoms with Gasteiger partial charge in [-0.3, -0.25) is 4.98 Å². The van der Waals surface area contributed by atoms with Gasteiger partial charge in [0.05, 0.1) is 13.7 Å². The average molecular weight is 483 g/mol. The lowest BCUT2D eigenvalue weighted by Gasteiger charge is -2.42. The summed E-state index contributed by atoms with van der Waals surface area (Å²) < 4.78 is 48.9. The summed E-state index contributed by atoms with van der Waals surface area (Å²) >= 11 is 0. The van der Waals surface area contributed by atoms with Gasteiger partial charge in [0, 0.05) is 35.8 Å². The second-order valence-electron chi connectivity index (χ2n) is 9.59. The van der Waals surface area contributed by atoms with Crippen LogP contribution in [-0.2, 0) is 5.41 Å². The van der Waals surface area contributed by atoms with E-state index in [-0.39, 0.29) is 6.54 Å². The number of hydrogen-bond acceptors (Lipinski definition) is 4. The Bertz CT molecular complexity index is 1210. The van der Waals surface area contributed by atoms with E-state index in [1.165, 1.54) is 7.11 Å². The second kappa shape index (κ2) is 9.38. The van der Waals surface area contributed by atoms with Crippen molar-refractivity contribution in [2.24, 2.45) is 0 Å². The average Bonchev–Trinajstić information content (AvgIpc) is 2.83. The molecule has 2 aromatic carbocycles. The van der Waals surface area contributed by atoms with Crippen LogP contribution in [0.3, 0.4) is 0 Å². The first-order chi connectivity index (χ1) is 16.5. The van der Waals surface area contributed by atoms with Crippen LogP contribution in [0, 0.1) is 0 Å². The number of aliphatic hydroxyl groups is 1. The molecular weight excluding hydrogens is 453 g/mol. The first-order valence-corrected chi connectivity index (χ1v) is 11.4. The third-order valence-corrected chi connectivity index (χ3v) is 6.54. The van der Waals surface area contributed by atoms with Gasteiger partial charge in [0.2, 0.25) is 0 Å². The molecule has 1 atom stereocenters. The Labute approximate surface area is 203 Å². The molecule has 1 aliphatic heterocycles. The maximum Gasteiger partial charge on any atom is 0.418 e. The third kappa shape index (κ3) is 5.05. The molecular formula is C28H29F3N2O2. The van der Waals surface area contributed by atoms with Crippen LogP contribution >= 0.6 is 0 Å². The number of hydrogen-bond donors (Lipinski definition) is 1. The number of anilines is 1. The number of ether oxygens (including phenoxy) is 1. The minimum Gasteiger partial charge on any atom is -0.496 e. The molecule has 184 valence electrons. The quantitative estimate of drug-likeness (QED) is 0.432. The van der Waals surface area contributed by atoms with Crippen molar-refractivity contribution < 1.29 is 23.0 Å². The molecule has 0 saturated carbocycles. The van der Waals surface area contributed by atoms with Gasteiger partial charge >= 0.3 is 6.18 Å². The summed E-state index contributed by atoms with van der Waals surface area (Å²) in [5, 5.41) is 11.2. The molecule has 0 amide bonds. The molecule has 0 aliphatic carbocycles. The number of β-amino-alcohol motifs (C(OH)–C–C–N with tert-alkyl or cyclic N) is 1. The lowest BCUT2D eigenvalue weighted by molar-refractivity contribution is -0.262. The maximum atomic E-state index is 14.5.